The van der Waals surface area contributed by atoms with E-state index in [2.05, 4.69) is 40.6 Å². The molecule has 5 rings (SSSR count). The molecule has 174 valence electrons. The van der Waals surface area contributed by atoms with E-state index in [0.29, 0.717) is 26.3 Å². The molecule has 0 amide bonds. The lowest BCUT2D eigenvalue weighted by atomic mass is 10.2. The van der Waals surface area contributed by atoms with Gasteiger partial charge in [0.2, 0.25) is 15.8 Å². The molecule has 2 aromatic heterocycles. The van der Waals surface area contributed by atoms with Crippen molar-refractivity contribution in [1.82, 2.24) is 35.1 Å². The zero-order chi connectivity index (χ0) is 22.8. The Kier molecular flexibility index (Phi) is 5.86. The first-order chi connectivity index (χ1) is 16.0. The molecule has 1 N–H and O–H groups in total. The second kappa shape index (κ2) is 8.96. The third-order valence-corrected chi connectivity index (χ3v) is 7.62. The Bertz CT molecular complexity index is 1210. The van der Waals surface area contributed by atoms with Crippen molar-refractivity contribution in [3.63, 3.8) is 0 Å². The number of aromatic nitrogens is 6. The number of nitrogens with zero attached hydrogens (tertiary/aromatic N) is 8. The lowest BCUT2D eigenvalue weighted by Gasteiger charge is -2.35. The summed E-state index contributed by atoms with van der Waals surface area (Å²) >= 11 is 0. The molecule has 0 bridgehead atoms. The van der Waals surface area contributed by atoms with Crippen molar-refractivity contribution in [2.75, 3.05) is 62.3 Å². The van der Waals surface area contributed by atoms with Gasteiger partial charge in [-0.15, -0.1) is 15.3 Å². The number of nitrogens with one attached hydrogen (secondary N) is 1. The van der Waals surface area contributed by atoms with Gasteiger partial charge in [-0.3, -0.25) is 0 Å². The van der Waals surface area contributed by atoms with Crippen LogP contribution in [0.3, 0.4) is 0 Å². The van der Waals surface area contributed by atoms with Crippen molar-refractivity contribution in [1.29, 1.82) is 0 Å². The van der Waals surface area contributed by atoms with Gasteiger partial charge in [-0.05, 0) is 23.4 Å². The first kappa shape index (κ1) is 21.6. The van der Waals surface area contributed by atoms with E-state index < -0.39 is 15.8 Å². The van der Waals surface area contributed by atoms with Crippen LogP contribution in [0.4, 0.5) is 15.9 Å². The maximum Gasteiger partial charge on any atom is 0.243 e. The SMILES string of the molecule is O=S(=O)(c1ccc(F)c(-c2nn[nH]n2)c1)N1CCN(c2cnnc(N3CCOCC3)c2)CC1. The number of aromatic amines is 1. The molecule has 0 aliphatic carbocycles. The van der Waals surface area contributed by atoms with Crippen molar-refractivity contribution in [3.8, 4) is 11.4 Å². The molecule has 2 aliphatic heterocycles. The van der Waals surface area contributed by atoms with Crippen molar-refractivity contribution >= 4 is 21.5 Å². The van der Waals surface area contributed by atoms with E-state index >= 15 is 0 Å². The van der Waals surface area contributed by atoms with Crippen LogP contribution in [0, 0.1) is 5.82 Å². The molecule has 0 atom stereocenters. The molecule has 0 radical (unpaired) electrons. The molecular weight excluding hydrogens is 453 g/mol. The van der Waals surface area contributed by atoms with Gasteiger partial charge >= 0.3 is 0 Å². The van der Waals surface area contributed by atoms with Crippen LogP contribution < -0.4 is 9.80 Å². The second-order valence-corrected chi connectivity index (χ2v) is 9.58. The topological polar surface area (TPSA) is 133 Å². The largest absolute Gasteiger partial charge is 0.378 e. The number of halogens is 1. The molecular formula is C19H22FN9O3S. The van der Waals surface area contributed by atoms with Crippen LogP contribution in [0.2, 0.25) is 0 Å². The van der Waals surface area contributed by atoms with E-state index in [-0.39, 0.29) is 29.4 Å². The summed E-state index contributed by atoms with van der Waals surface area (Å²) in [6.07, 6.45) is 1.69. The fourth-order valence-electron chi connectivity index (χ4n) is 3.91. The van der Waals surface area contributed by atoms with Crippen LogP contribution in [0.25, 0.3) is 11.4 Å². The summed E-state index contributed by atoms with van der Waals surface area (Å²) in [5.74, 6) is 0.156. The molecule has 33 heavy (non-hydrogen) atoms. The van der Waals surface area contributed by atoms with Crippen LogP contribution in [0.1, 0.15) is 0 Å². The molecule has 3 aromatic rings. The third kappa shape index (κ3) is 4.36. The average molecular weight is 476 g/mol. The van der Waals surface area contributed by atoms with Gasteiger partial charge in [-0.25, -0.2) is 12.8 Å². The predicted octanol–water partition coefficient (Wildman–Crippen LogP) is 0.143. The van der Waals surface area contributed by atoms with Gasteiger partial charge in [-0.1, -0.05) is 0 Å². The van der Waals surface area contributed by atoms with E-state index in [1.54, 1.807) is 6.20 Å². The molecule has 0 unspecified atom stereocenters. The number of anilines is 2. The Morgan fingerprint density at radius 3 is 2.48 bits per heavy atom. The standard InChI is InChI=1S/C19H22FN9O3S/c20-17-2-1-15(12-16(17)19-23-25-26-24-19)33(30,31)29-5-3-27(4-6-29)14-11-18(22-21-13-14)28-7-9-32-10-8-28/h1-2,11-13H,3-10H2,(H,23,24,25,26). The first-order valence-electron chi connectivity index (χ1n) is 10.5. The minimum Gasteiger partial charge on any atom is -0.378 e. The van der Waals surface area contributed by atoms with E-state index in [1.807, 2.05) is 6.07 Å². The molecule has 0 spiro atoms. The summed E-state index contributed by atoms with van der Waals surface area (Å²) in [4.78, 5) is 4.19. The summed E-state index contributed by atoms with van der Waals surface area (Å²) in [6, 6.07) is 5.57. The van der Waals surface area contributed by atoms with Gasteiger partial charge in [0.05, 0.1) is 35.6 Å². The molecule has 1 aromatic carbocycles. The van der Waals surface area contributed by atoms with E-state index in [4.69, 9.17) is 4.74 Å². The molecule has 2 saturated heterocycles. The summed E-state index contributed by atoms with van der Waals surface area (Å²) in [5, 5.41) is 21.5. The zero-order valence-corrected chi connectivity index (χ0v) is 18.4. The average Bonchev–Trinajstić information content (AvgIpc) is 3.40. The third-order valence-electron chi connectivity index (χ3n) is 5.73. The normalized spacial score (nSPS) is 18.0. The van der Waals surface area contributed by atoms with Crippen molar-refractivity contribution in [2.45, 2.75) is 4.90 Å². The zero-order valence-electron chi connectivity index (χ0n) is 17.6. The van der Waals surface area contributed by atoms with Gasteiger partial charge in [0, 0.05) is 45.3 Å². The Labute approximate surface area is 189 Å². The van der Waals surface area contributed by atoms with Crippen LogP contribution in [-0.2, 0) is 14.8 Å². The highest BCUT2D eigenvalue weighted by molar-refractivity contribution is 7.89. The summed E-state index contributed by atoms with van der Waals surface area (Å²) in [6.45, 7) is 4.37. The second-order valence-electron chi connectivity index (χ2n) is 7.64. The number of hydrogen-bond acceptors (Lipinski definition) is 10. The number of benzene rings is 1. The lowest BCUT2D eigenvalue weighted by Crippen LogP contribution is -2.48. The minimum absolute atomic E-state index is 0.00405. The maximum absolute atomic E-state index is 14.2. The number of rotatable bonds is 5. The van der Waals surface area contributed by atoms with Crippen molar-refractivity contribution < 1.29 is 17.5 Å². The molecule has 0 saturated carbocycles. The van der Waals surface area contributed by atoms with E-state index in [1.165, 1.54) is 16.4 Å². The van der Waals surface area contributed by atoms with E-state index in [9.17, 15) is 12.8 Å². The number of sulfonamides is 1. The molecule has 14 heteroatoms. The van der Waals surface area contributed by atoms with Gasteiger partial charge in [-0.2, -0.15) is 14.6 Å². The number of tetrazole rings is 1. The van der Waals surface area contributed by atoms with Crippen molar-refractivity contribution in [2.24, 2.45) is 0 Å². The quantitative estimate of drug-likeness (QED) is 0.543. The summed E-state index contributed by atoms with van der Waals surface area (Å²) in [7, 11) is -3.82. The van der Waals surface area contributed by atoms with Gasteiger partial charge in [0.15, 0.2) is 5.82 Å². The highest BCUT2D eigenvalue weighted by Gasteiger charge is 2.30. The fourth-order valence-corrected chi connectivity index (χ4v) is 5.36. The van der Waals surface area contributed by atoms with Crippen LogP contribution in [0.5, 0.6) is 0 Å². The smallest absolute Gasteiger partial charge is 0.243 e. The van der Waals surface area contributed by atoms with Gasteiger partial charge < -0.3 is 14.5 Å². The molecule has 2 aliphatic rings. The Balaban J connectivity index is 1.30. The number of hydrogen-bond donors (Lipinski definition) is 1. The monoisotopic (exact) mass is 475 g/mol. The van der Waals surface area contributed by atoms with Crippen molar-refractivity contribution in [3.05, 3.63) is 36.3 Å². The molecule has 2 fully saturated rings. The molecule has 4 heterocycles. The number of morpholine rings is 1. The highest BCUT2D eigenvalue weighted by atomic mass is 32.2. The Morgan fingerprint density at radius 1 is 0.970 bits per heavy atom. The predicted molar refractivity (Wildman–Crippen MR) is 116 cm³/mol. The van der Waals surface area contributed by atoms with Crippen LogP contribution in [-0.4, -0.2) is 96.0 Å². The molecule has 12 nitrogen and oxygen atoms in total. The first-order valence-corrected chi connectivity index (χ1v) is 11.9. The fraction of sp³-hybridized carbons (Fsp3) is 0.421. The van der Waals surface area contributed by atoms with Crippen LogP contribution in [0.15, 0.2) is 35.4 Å². The lowest BCUT2D eigenvalue weighted by molar-refractivity contribution is 0.122. The maximum atomic E-state index is 14.2. The van der Waals surface area contributed by atoms with E-state index in [0.717, 1.165) is 30.7 Å². The highest BCUT2D eigenvalue weighted by Crippen LogP contribution is 2.26. The number of piperazine rings is 1. The number of H-pyrrole nitrogens is 1. The summed E-state index contributed by atoms with van der Waals surface area (Å²) in [5.41, 5.74) is 0.867. The van der Waals surface area contributed by atoms with Gasteiger partial charge in [0.25, 0.3) is 0 Å². The minimum atomic E-state index is -3.82. The summed E-state index contributed by atoms with van der Waals surface area (Å²) < 4.78 is 47.4. The Hall–Kier alpha value is -3.23. The number of ether oxygens (including phenoxy) is 1. The Morgan fingerprint density at radius 2 is 1.76 bits per heavy atom. The van der Waals surface area contributed by atoms with Gasteiger partial charge in [0.1, 0.15) is 5.82 Å². The van der Waals surface area contributed by atoms with Crippen LogP contribution >= 0.6 is 0 Å².